The number of nitrogens with zero attached hydrogens (tertiary/aromatic N) is 1. The molecule has 1 aliphatic heterocycles. The van der Waals surface area contributed by atoms with Gasteiger partial charge in [0, 0.05) is 25.7 Å². The van der Waals surface area contributed by atoms with Gasteiger partial charge < -0.3 is 20.1 Å². The lowest BCUT2D eigenvalue weighted by molar-refractivity contribution is 0.0163. The average molecular weight is 318 g/mol. The van der Waals surface area contributed by atoms with E-state index >= 15 is 0 Å². The molecule has 0 radical (unpaired) electrons. The van der Waals surface area contributed by atoms with Crippen LogP contribution in [0.4, 0.5) is 4.79 Å². The predicted octanol–water partition coefficient (Wildman–Crippen LogP) is 2.09. The van der Waals surface area contributed by atoms with E-state index in [-0.39, 0.29) is 6.09 Å². The lowest BCUT2D eigenvalue weighted by Crippen LogP contribution is -2.45. The van der Waals surface area contributed by atoms with Crippen LogP contribution >= 0.6 is 11.8 Å². The van der Waals surface area contributed by atoms with Gasteiger partial charge in [-0.25, -0.2) is 4.79 Å². The molecule has 0 aromatic carbocycles. The molecule has 1 aliphatic rings. The maximum Gasteiger partial charge on any atom is 0.410 e. The Labute approximate surface area is 132 Å². The minimum absolute atomic E-state index is 0.303. The molecule has 1 rings (SSSR count). The molecule has 124 valence electrons. The Morgan fingerprint density at radius 3 is 2.57 bits per heavy atom. The first-order valence-electron chi connectivity index (χ1n) is 7.75. The normalized spacial score (nSPS) is 18.3. The molecule has 0 aromatic rings. The number of thioether (sulfide) groups is 1. The van der Waals surface area contributed by atoms with Crippen molar-refractivity contribution in [3.05, 3.63) is 0 Å². The van der Waals surface area contributed by atoms with Crippen LogP contribution in [0.25, 0.3) is 0 Å². The van der Waals surface area contributed by atoms with Crippen molar-refractivity contribution >= 4 is 17.9 Å². The Morgan fingerprint density at radius 1 is 1.43 bits per heavy atom. The molecule has 2 N–H and O–H groups in total. The molecule has 0 spiro atoms. The zero-order chi connectivity index (χ0) is 15.9. The summed E-state index contributed by atoms with van der Waals surface area (Å²) in [7, 11) is 0. The fraction of sp³-hybridized carbons (Fsp3) is 0.933. The van der Waals surface area contributed by atoms with E-state index in [2.05, 4.69) is 5.32 Å². The van der Waals surface area contributed by atoms with Crippen molar-refractivity contribution in [2.45, 2.75) is 58.3 Å². The molecule has 21 heavy (non-hydrogen) atoms. The highest BCUT2D eigenvalue weighted by Crippen LogP contribution is 2.16. The summed E-state index contributed by atoms with van der Waals surface area (Å²) in [6, 6.07) is 0.554. The van der Waals surface area contributed by atoms with Gasteiger partial charge in [-0.3, -0.25) is 0 Å². The topological polar surface area (TPSA) is 61.8 Å². The fourth-order valence-electron chi connectivity index (χ4n) is 2.21. The number of hydrogen-bond acceptors (Lipinski definition) is 5. The number of aliphatic hydroxyl groups excluding tert-OH is 1. The second-order valence-corrected chi connectivity index (χ2v) is 7.84. The van der Waals surface area contributed by atoms with Crippen molar-refractivity contribution in [1.29, 1.82) is 0 Å². The predicted molar refractivity (Wildman–Crippen MR) is 87.8 cm³/mol. The third-order valence-electron chi connectivity index (χ3n) is 3.17. The highest BCUT2D eigenvalue weighted by atomic mass is 32.2. The van der Waals surface area contributed by atoms with Gasteiger partial charge in [-0.05, 0) is 52.0 Å². The first kappa shape index (κ1) is 18.6. The van der Waals surface area contributed by atoms with E-state index < -0.39 is 11.7 Å². The first-order valence-corrected chi connectivity index (χ1v) is 8.90. The monoisotopic (exact) mass is 318 g/mol. The second kappa shape index (κ2) is 8.86. The van der Waals surface area contributed by atoms with Crippen molar-refractivity contribution in [2.24, 2.45) is 0 Å². The Bertz CT molecular complexity index is 313. The van der Waals surface area contributed by atoms with Crippen LogP contribution in [-0.4, -0.2) is 65.0 Å². The van der Waals surface area contributed by atoms with Crippen molar-refractivity contribution in [2.75, 3.05) is 31.1 Å². The van der Waals surface area contributed by atoms with E-state index in [0.29, 0.717) is 19.1 Å². The number of hydrogen-bond donors (Lipinski definition) is 2. The Morgan fingerprint density at radius 2 is 2.05 bits per heavy atom. The Balaban J connectivity index is 2.39. The zero-order valence-electron chi connectivity index (χ0n) is 13.7. The summed E-state index contributed by atoms with van der Waals surface area (Å²) >= 11 is 2.00. The van der Waals surface area contributed by atoms with Crippen molar-refractivity contribution in [3.63, 3.8) is 0 Å². The molecular formula is C15H30N2O3S. The van der Waals surface area contributed by atoms with Gasteiger partial charge in [-0.15, -0.1) is 0 Å². The van der Waals surface area contributed by atoms with Crippen LogP contribution in [0.5, 0.6) is 0 Å². The fourth-order valence-corrected chi connectivity index (χ4v) is 3.31. The molecule has 1 atom stereocenters. The SMILES string of the molecule is CC(O)CN(CCNC1CCSCC1)C(=O)OC(C)(C)C. The summed E-state index contributed by atoms with van der Waals surface area (Å²) in [5.74, 6) is 2.42. The summed E-state index contributed by atoms with van der Waals surface area (Å²) in [6.07, 6.45) is 1.47. The van der Waals surface area contributed by atoms with Gasteiger partial charge in [0.25, 0.3) is 0 Å². The minimum atomic E-state index is -0.552. The Kier molecular flexibility index (Phi) is 7.84. The molecule has 1 fully saturated rings. The van der Waals surface area contributed by atoms with Crippen LogP contribution < -0.4 is 5.32 Å². The summed E-state index contributed by atoms with van der Waals surface area (Å²) in [5, 5.41) is 13.0. The smallest absolute Gasteiger partial charge is 0.410 e. The van der Waals surface area contributed by atoms with Crippen molar-refractivity contribution < 1.29 is 14.6 Å². The van der Waals surface area contributed by atoms with Gasteiger partial charge in [-0.2, -0.15) is 11.8 Å². The summed E-state index contributed by atoms with van der Waals surface area (Å²) < 4.78 is 5.39. The quantitative estimate of drug-likeness (QED) is 0.785. The summed E-state index contributed by atoms with van der Waals surface area (Å²) in [5.41, 5.74) is -0.512. The molecular weight excluding hydrogens is 288 g/mol. The number of aliphatic hydroxyl groups is 1. The van der Waals surface area contributed by atoms with Crippen molar-refractivity contribution in [1.82, 2.24) is 10.2 Å². The van der Waals surface area contributed by atoms with Crippen LogP contribution in [0, 0.1) is 0 Å². The van der Waals surface area contributed by atoms with Crippen LogP contribution in [0.2, 0.25) is 0 Å². The molecule has 1 amide bonds. The van der Waals surface area contributed by atoms with Crippen LogP contribution in [0.3, 0.4) is 0 Å². The highest BCUT2D eigenvalue weighted by molar-refractivity contribution is 7.99. The number of rotatable bonds is 6. The van der Waals surface area contributed by atoms with E-state index in [1.54, 1.807) is 11.8 Å². The molecule has 1 saturated heterocycles. The average Bonchev–Trinajstić information content (AvgIpc) is 2.36. The van der Waals surface area contributed by atoms with Gasteiger partial charge in [-0.1, -0.05) is 0 Å². The number of ether oxygens (including phenoxy) is 1. The van der Waals surface area contributed by atoms with Crippen LogP contribution in [-0.2, 0) is 4.74 Å². The number of amides is 1. The largest absolute Gasteiger partial charge is 0.444 e. The summed E-state index contributed by atoms with van der Waals surface area (Å²) in [4.78, 5) is 13.7. The van der Waals surface area contributed by atoms with Gasteiger partial charge in [0.15, 0.2) is 0 Å². The zero-order valence-corrected chi connectivity index (χ0v) is 14.5. The molecule has 0 saturated carbocycles. The maximum absolute atomic E-state index is 12.1. The molecule has 0 aromatic heterocycles. The molecule has 0 aliphatic carbocycles. The first-order chi connectivity index (χ1) is 9.78. The number of nitrogens with one attached hydrogen (secondary N) is 1. The summed E-state index contributed by atoms with van der Waals surface area (Å²) in [6.45, 7) is 8.83. The minimum Gasteiger partial charge on any atom is -0.444 e. The van der Waals surface area contributed by atoms with E-state index in [9.17, 15) is 9.90 Å². The lowest BCUT2D eigenvalue weighted by atomic mass is 10.1. The standard InChI is InChI=1S/C15H30N2O3S/c1-12(18)11-17(14(19)20-15(2,3)4)8-7-16-13-5-9-21-10-6-13/h12-13,16,18H,5-11H2,1-4H3. The number of carbonyl (C=O) groups excluding carboxylic acids is 1. The van der Waals surface area contributed by atoms with E-state index in [0.717, 1.165) is 6.54 Å². The molecule has 6 heteroatoms. The van der Waals surface area contributed by atoms with E-state index in [1.807, 2.05) is 32.5 Å². The third kappa shape index (κ3) is 8.53. The van der Waals surface area contributed by atoms with Gasteiger partial charge in [0.1, 0.15) is 5.60 Å². The van der Waals surface area contributed by atoms with Gasteiger partial charge in [0.2, 0.25) is 0 Å². The Hall–Kier alpha value is -0.460. The molecule has 1 unspecified atom stereocenters. The van der Waals surface area contributed by atoms with Gasteiger partial charge in [0.05, 0.1) is 6.10 Å². The third-order valence-corrected chi connectivity index (χ3v) is 4.22. The second-order valence-electron chi connectivity index (χ2n) is 6.62. The van der Waals surface area contributed by atoms with Gasteiger partial charge >= 0.3 is 6.09 Å². The van der Waals surface area contributed by atoms with E-state index in [1.165, 1.54) is 24.3 Å². The number of carbonyl (C=O) groups is 1. The maximum atomic E-state index is 12.1. The van der Waals surface area contributed by atoms with E-state index in [4.69, 9.17) is 4.74 Å². The highest BCUT2D eigenvalue weighted by Gasteiger charge is 2.23. The molecule has 0 bridgehead atoms. The lowest BCUT2D eigenvalue weighted by Gasteiger charge is -2.29. The molecule has 1 heterocycles. The van der Waals surface area contributed by atoms with Crippen molar-refractivity contribution in [3.8, 4) is 0 Å². The van der Waals surface area contributed by atoms with Crippen LogP contribution in [0.15, 0.2) is 0 Å². The van der Waals surface area contributed by atoms with Crippen LogP contribution in [0.1, 0.15) is 40.5 Å². The molecule has 5 nitrogen and oxygen atoms in total.